The fraction of sp³-hybridized carbons (Fsp3) is 0.0312. The van der Waals surface area contributed by atoms with Crippen LogP contribution in [0.4, 0.5) is 0 Å². The third-order valence-corrected chi connectivity index (χ3v) is 7.76. The molecule has 0 aliphatic carbocycles. The molecule has 0 aliphatic rings. The zero-order chi connectivity index (χ0) is 24.7. The van der Waals surface area contributed by atoms with Crippen molar-refractivity contribution >= 4 is 29.3 Å². The molecule has 0 unspecified atom stereocenters. The van der Waals surface area contributed by atoms with Crippen molar-refractivity contribution in [3.63, 3.8) is 0 Å². The first kappa shape index (κ1) is 24.0. The van der Waals surface area contributed by atoms with Crippen molar-refractivity contribution in [1.82, 2.24) is 0 Å². The van der Waals surface area contributed by atoms with Crippen LogP contribution in [-0.4, -0.2) is 12.9 Å². The predicted molar refractivity (Wildman–Crippen MR) is 149 cm³/mol. The normalized spacial score (nSPS) is 10.7. The lowest BCUT2D eigenvalue weighted by molar-refractivity contribution is 0.103. The number of hydrogen-bond donors (Lipinski definition) is 0. The van der Waals surface area contributed by atoms with E-state index >= 15 is 0 Å². The Bertz CT molecular complexity index is 1430. The first-order valence-electron chi connectivity index (χ1n) is 11.6. The smallest absolute Gasteiger partial charge is 0.193 e. The second-order valence-corrected chi connectivity index (χ2v) is 10.4. The van der Waals surface area contributed by atoms with Gasteiger partial charge in [0.15, 0.2) is 5.78 Å². The van der Waals surface area contributed by atoms with Crippen molar-refractivity contribution in [2.45, 2.75) is 19.6 Å². The third-order valence-electron chi connectivity index (χ3n) is 5.73. The molecule has 5 aromatic rings. The lowest BCUT2D eigenvalue weighted by atomic mass is 10.0. The van der Waals surface area contributed by atoms with Crippen molar-refractivity contribution in [2.75, 3.05) is 7.11 Å². The topological polar surface area (TPSA) is 26.3 Å². The molecular weight excluding hydrogens is 480 g/mol. The second-order valence-electron chi connectivity index (χ2n) is 8.15. The van der Waals surface area contributed by atoms with Crippen LogP contribution in [0.5, 0.6) is 5.75 Å². The molecule has 0 heterocycles. The van der Waals surface area contributed by atoms with Crippen molar-refractivity contribution in [2.24, 2.45) is 0 Å². The summed E-state index contributed by atoms with van der Waals surface area (Å²) in [4.78, 5) is 17.5. The minimum absolute atomic E-state index is 0.00624. The summed E-state index contributed by atoms with van der Waals surface area (Å²) in [6.07, 6.45) is 0. The molecule has 4 heteroatoms. The lowest BCUT2D eigenvalue weighted by Crippen LogP contribution is -2.00. The Kier molecular flexibility index (Phi) is 7.55. The number of rotatable bonds is 8. The van der Waals surface area contributed by atoms with Gasteiger partial charge in [0.05, 0.1) is 7.11 Å². The molecule has 0 N–H and O–H groups in total. The highest BCUT2D eigenvalue weighted by Gasteiger charge is 2.10. The molecule has 0 atom stereocenters. The Morgan fingerprint density at radius 3 is 1.33 bits per heavy atom. The summed E-state index contributed by atoms with van der Waals surface area (Å²) < 4.78 is 5.17. The molecule has 176 valence electrons. The molecule has 5 aromatic carbocycles. The number of methoxy groups -OCH3 is 1. The van der Waals surface area contributed by atoms with E-state index in [9.17, 15) is 4.79 Å². The number of ether oxygens (including phenoxy) is 1. The van der Waals surface area contributed by atoms with Crippen LogP contribution in [0, 0.1) is 0 Å². The van der Waals surface area contributed by atoms with E-state index in [2.05, 4.69) is 72.8 Å². The molecule has 0 fully saturated rings. The van der Waals surface area contributed by atoms with E-state index < -0.39 is 0 Å². The molecular formula is C32H24O2S2. The van der Waals surface area contributed by atoms with E-state index in [1.54, 1.807) is 54.9 Å². The number of benzene rings is 5. The van der Waals surface area contributed by atoms with E-state index in [1.807, 2.05) is 30.3 Å². The summed E-state index contributed by atoms with van der Waals surface area (Å²) in [5.74, 6) is 0.745. The van der Waals surface area contributed by atoms with Gasteiger partial charge in [-0.25, -0.2) is 0 Å². The van der Waals surface area contributed by atoms with E-state index in [4.69, 9.17) is 4.74 Å². The summed E-state index contributed by atoms with van der Waals surface area (Å²) >= 11 is 3.45. The number of hydrogen-bond acceptors (Lipinski definition) is 4. The van der Waals surface area contributed by atoms with Gasteiger partial charge >= 0.3 is 0 Å². The van der Waals surface area contributed by atoms with Gasteiger partial charge < -0.3 is 4.74 Å². The fourth-order valence-electron chi connectivity index (χ4n) is 3.77. The van der Waals surface area contributed by atoms with Gasteiger partial charge in [0.2, 0.25) is 0 Å². The van der Waals surface area contributed by atoms with Crippen molar-refractivity contribution in [3.05, 3.63) is 139 Å². The van der Waals surface area contributed by atoms with Crippen molar-refractivity contribution < 1.29 is 9.53 Å². The highest BCUT2D eigenvalue weighted by Crippen LogP contribution is 2.32. The minimum Gasteiger partial charge on any atom is -0.497 e. The highest BCUT2D eigenvalue weighted by atomic mass is 32.2. The van der Waals surface area contributed by atoms with Gasteiger partial charge in [-0.05, 0) is 96.1 Å². The number of ketones is 1. The summed E-state index contributed by atoms with van der Waals surface area (Å²) in [7, 11) is 1.62. The average Bonchev–Trinajstić information content (AvgIpc) is 2.95. The van der Waals surface area contributed by atoms with Crippen LogP contribution < -0.4 is 4.74 Å². The number of carbonyl (C=O) groups is 1. The molecule has 0 saturated heterocycles. The van der Waals surface area contributed by atoms with Gasteiger partial charge in [-0.3, -0.25) is 4.79 Å². The third kappa shape index (κ3) is 5.91. The zero-order valence-electron chi connectivity index (χ0n) is 19.8. The SMILES string of the molecule is COc1ccc(C(=O)c2ccc(Sc3ccc(-c4ccc(Sc5ccccc5)cc4)cc3)cc2)cc1. The Labute approximate surface area is 220 Å². The van der Waals surface area contributed by atoms with Gasteiger partial charge in [0.1, 0.15) is 5.75 Å². The predicted octanol–water partition coefficient (Wildman–Crippen LogP) is 8.90. The van der Waals surface area contributed by atoms with Crippen LogP contribution in [-0.2, 0) is 0 Å². The molecule has 0 bridgehead atoms. The zero-order valence-corrected chi connectivity index (χ0v) is 21.4. The fourth-order valence-corrected chi connectivity index (χ4v) is 5.43. The van der Waals surface area contributed by atoms with Crippen molar-refractivity contribution in [3.8, 4) is 16.9 Å². The Balaban J connectivity index is 1.21. The van der Waals surface area contributed by atoms with Crippen LogP contribution in [0.3, 0.4) is 0 Å². The molecule has 36 heavy (non-hydrogen) atoms. The van der Waals surface area contributed by atoms with Crippen LogP contribution >= 0.6 is 23.5 Å². The first-order valence-corrected chi connectivity index (χ1v) is 13.2. The van der Waals surface area contributed by atoms with Gasteiger partial charge in [-0.2, -0.15) is 0 Å². The van der Waals surface area contributed by atoms with Gasteiger partial charge in [0, 0.05) is 30.7 Å². The average molecular weight is 505 g/mol. The maximum Gasteiger partial charge on any atom is 0.193 e. The minimum atomic E-state index is 0.00624. The van der Waals surface area contributed by atoms with Crippen LogP contribution in [0.1, 0.15) is 15.9 Å². The Hall–Kier alpha value is -3.73. The summed E-state index contributed by atoms with van der Waals surface area (Å²) in [6.45, 7) is 0. The Morgan fingerprint density at radius 1 is 0.500 bits per heavy atom. The van der Waals surface area contributed by atoms with Gasteiger partial charge in [-0.1, -0.05) is 66.0 Å². The molecule has 0 aromatic heterocycles. The van der Waals surface area contributed by atoms with Gasteiger partial charge in [-0.15, -0.1) is 0 Å². The molecule has 0 amide bonds. The van der Waals surface area contributed by atoms with E-state index in [1.165, 1.54) is 20.9 Å². The Morgan fingerprint density at radius 2 is 0.889 bits per heavy atom. The maximum atomic E-state index is 12.8. The van der Waals surface area contributed by atoms with Crippen LogP contribution in [0.15, 0.2) is 147 Å². The maximum absolute atomic E-state index is 12.8. The first-order chi connectivity index (χ1) is 17.7. The van der Waals surface area contributed by atoms with Gasteiger partial charge in [0.25, 0.3) is 0 Å². The molecule has 0 radical (unpaired) electrons. The van der Waals surface area contributed by atoms with E-state index in [-0.39, 0.29) is 5.78 Å². The van der Waals surface area contributed by atoms with E-state index in [0.29, 0.717) is 11.1 Å². The standard InChI is InChI=1S/C32H24O2S2/c1-34-27-15-7-25(8-16-27)32(33)26-13-21-31(22-14-26)36-30-19-11-24(12-20-30)23-9-17-29(18-10-23)35-28-5-3-2-4-6-28/h2-22H,1H3. The van der Waals surface area contributed by atoms with Crippen LogP contribution in [0.25, 0.3) is 11.1 Å². The van der Waals surface area contributed by atoms with E-state index in [0.717, 1.165) is 15.5 Å². The monoisotopic (exact) mass is 504 g/mol. The molecule has 0 aliphatic heterocycles. The molecule has 0 spiro atoms. The summed E-state index contributed by atoms with van der Waals surface area (Å²) in [5.41, 5.74) is 3.72. The second kappa shape index (κ2) is 11.3. The summed E-state index contributed by atoms with van der Waals surface area (Å²) in [6, 6.07) is 42.7. The van der Waals surface area contributed by atoms with Crippen molar-refractivity contribution in [1.29, 1.82) is 0 Å². The quantitative estimate of drug-likeness (QED) is 0.197. The lowest BCUT2D eigenvalue weighted by Gasteiger charge is -2.07. The number of carbonyl (C=O) groups excluding carboxylic acids is 1. The highest BCUT2D eigenvalue weighted by molar-refractivity contribution is 7.99. The molecule has 0 saturated carbocycles. The van der Waals surface area contributed by atoms with Crippen LogP contribution in [0.2, 0.25) is 0 Å². The largest absolute Gasteiger partial charge is 0.497 e. The molecule has 5 rings (SSSR count). The summed E-state index contributed by atoms with van der Waals surface area (Å²) in [5, 5.41) is 0. The molecule has 2 nitrogen and oxygen atoms in total.